The van der Waals surface area contributed by atoms with Gasteiger partial charge in [-0.15, -0.1) is 0 Å². The summed E-state index contributed by atoms with van der Waals surface area (Å²) in [6, 6.07) is 17.1. The number of thioether (sulfide) groups is 1. The molecule has 4 heterocycles. The van der Waals surface area contributed by atoms with Gasteiger partial charge in [0.05, 0.1) is 16.4 Å². The fourth-order valence-corrected chi connectivity index (χ4v) is 5.37. The molecule has 5 nitrogen and oxygen atoms in total. The minimum absolute atomic E-state index is 0.0581. The van der Waals surface area contributed by atoms with Crippen LogP contribution in [0.3, 0.4) is 0 Å². The first-order valence-corrected chi connectivity index (χ1v) is 12.2. The lowest BCUT2D eigenvalue weighted by atomic mass is 10.0. The van der Waals surface area contributed by atoms with Gasteiger partial charge in [-0.25, -0.2) is 4.98 Å². The molecule has 6 heteroatoms. The number of amides is 1. The summed E-state index contributed by atoms with van der Waals surface area (Å²) in [7, 11) is 0. The van der Waals surface area contributed by atoms with E-state index in [1.165, 1.54) is 18.4 Å². The van der Waals surface area contributed by atoms with E-state index in [1.54, 1.807) is 17.8 Å². The lowest BCUT2D eigenvalue weighted by Crippen LogP contribution is -2.47. The van der Waals surface area contributed by atoms with E-state index in [1.807, 2.05) is 18.2 Å². The topological polar surface area (TPSA) is 49.6 Å². The van der Waals surface area contributed by atoms with Crippen molar-refractivity contribution in [2.24, 2.45) is 0 Å². The molecular weight excluding hydrogens is 416 g/mol. The molecule has 2 aliphatic rings. The first-order chi connectivity index (χ1) is 15.8. The second-order valence-electron chi connectivity index (χ2n) is 8.36. The van der Waals surface area contributed by atoms with E-state index >= 15 is 0 Å². The number of nitrogens with zero attached hydrogens (tertiary/aromatic N) is 3. The lowest BCUT2D eigenvalue weighted by molar-refractivity contribution is -0.116. The molecule has 3 aromatic rings. The van der Waals surface area contributed by atoms with Crippen LogP contribution in [0.25, 0.3) is 17.8 Å². The summed E-state index contributed by atoms with van der Waals surface area (Å²) >= 11 is 1.68. The molecule has 5 rings (SSSR count). The number of piperidine rings is 1. The van der Waals surface area contributed by atoms with Crippen molar-refractivity contribution in [3.8, 4) is 0 Å². The Labute approximate surface area is 193 Å². The van der Waals surface area contributed by atoms with Crippen LogP contribution in [0.2, 0.25) is 0 Å². The van der Waals surface area contributed by atoms with Crippen molar-refractivity contribution in [2.75, 3.05) is 19.6 Å². The van der Waals surface area contributed by atoms with Gasteiger partial charge in [0.1, 0.15) is 5.65 Å². The van der Waals surface area contributed by atoms with E-state index in [2.05, 4.69) is 62.5 Å². The molecule has 2 aliphatic heterocycles. The van der Waals surface area contributed by atoms with Gasteiger partial charge in [-0.3, -0.25) is 14.1 Å². The largest absolute Gasteiger partial charge is 0.351 e. The van der Waals surface area contributed by atoms with E-state index in [9.17, 15) is 4.79 Å². The second-order valence-corrected chi connectivity index (χ2v) is 9.29. The van der Waals surface area contributed by atoms with Gasteiger partial charge in [-0.05, 0) is 61.1 Å². The number of hydrogen-bond donors (Lipinski definition) is 1. The quantitative estimate of drug-likeness (QED) is 0.540. The number of benzene rings is 1. The Morgan fingerprint density at radius 2 is 2.06 bits per heavy atom. The van der Waals surface area contributed by atoms with Crippen LogP contribution >= 0.6 is 11.8 Å². The van der Waals surface area contributed by atoms with Gasteiger partial charge in [0.25, 0.3) is 0 Å². The number of aromatic nitrogens is 2. The van der Waals surface area contributed by atoms with Gasteiger partial charge in [0.2, 0.25) is 5.91 Å². The minimum atomic E-state index is -0.0581. The van der Waals surface area contributed by atoms with Gasteiger partial charge in [0.15, 0.2) is 0 Å². The number of carbonyl (C=O) groups is 1. The van der Waals surface area contributed by atoms with Crippen molar-refractivity contribution < 1.29 is 4.79 Å². The number of nitrogens with one attached hydrogen (secondary N) is 1. The molecule has 1 fully saturated rings. The van der Waals surface area contributed by atoms with Crippen LogP contribution in [0.5, 0.6) is 0 Å². The van der Waals surface area contributed by atoms with E-state index in [-0.39, 0.29) is 5.91 Å². The zero-order valence-electron chi connectivity index (χ0n) is 18.1. The Kier molecular flexibility index (Phi) is 6.41. The van der Waals surface area contributed by atoms with Crippen molar-refractivity contribution in [1.29, 1.82) is 0 Å². The zero-order chi connectivity index (χ0) is 21.8. The Morgan fingerprint density at radius 1 is 1.16 bits per heavy atom. The predicted molar refractivity (Wildman–Crippen MR) is 131 cm³/mol. The highest BCUT2D eigenvalue weighted by Crippen LogP contribution is 2.30. The van der Waals surface area contributed by atoms with Crippen LogP contribution < -0.4 is 5.32 Å². The Balaban J connectivity index is 1.19. The molecule has 32 heavy (non-hydrogen) atoms. The molecule has 1 saturated heterocycles. The van der Waals surface area contributed by atoms with Gasteiger partial charge >= 0.3 is 0 Å². The normalized spacial score (nSPS) is 18.4. The molecule has 1 aromatic carbocycles. The maximum Gasteiger partial charge on any atom is 0.244 e. The highest BCUT2D eigenvalue weighted by atomic mass is 32.2. The Hall–Kier alpha value is -2.83. The van der Waals surface area contributed by atoms with Gasteiger partial charge in [-0.2, -0.15) is 0 Å². The van der Waals surface area contributed by atoms with E-state index in [0.29, 0.717) is 12.6 Å². The number of rotatable bonds is 7. The number of imidazole rings is 1. The fraction of sp³-hybridized carbons (Fsp3) is 0.308. The van der Waals surface area contributed by atoms with Crippen LogP contribution in [0.15, 0.2) is 65.0 Å². The van der Waals surface area contributed by atoms with Crippen LogP contribution in [0.4, 0.5) is 0 Å². The molecule has 2 aromatic heterocycles. The maximum absolute atomic E-state index is 12.6. The summed E-state index contributed by atoms with van der Waals surface area (Å²) in [5.74, 6) is -0.0581. The number of carbonyl (C=O) groups excluding carboxylic acids is 1. The molecule has 1 amide bonds. The first-order valence-electron chi connectivity index (χ1n) is 11.4. The molecule has 1 unspecified atom stereocenters. The van der Waals surface area contributed by atoms with Crippen LogP contribution in [0, 0.1) is 0 Å². The third-order valence-corrected chi connectivity index (χ3v) is 7.10. The summed E-state index contributed by atoms with van der Waals surface area (Å²) in [6.07, 6.45) is 10.2. The molecule has 0 aliphatic carbocycles. The monoisotopic (exact) mass is 444 g/mol. The third kappa shape index (κ3) is 4.66. The molecule has 1 N–H and O–H groups in total. The number of likely N-dealkylation sites (tertiary alicyclic amines) is 1. The average Bonchev–Trinajstić information content (AvgIpc) is 3.21. The lowest BCUT2D eigenvalue weighted by Gasteiger charge is -2.35. The van der Waals surface area contributed by atoms with Crippen molar-refractivity contribution in [3.63, 3.8) is 0 Å². The Bertz CT molecular complexity index is 1150. The third-order valence-electron chi connectivity index (χ3n) is 6.27. The highest BCUT2D eigenvalue weighted by molar-refractivity contribution is 8.02. The minimum Gasteiger partial charge on any atom is -0.351 e. The van der Waals surface area contributed by atoms with Crippen molar-refractivity contribution in [3.05, 3.63) is 77.0 Å². The summed E-state index contributed by atoms with van der Waals surface area (Å²) in [4.78, 5) is 19.8. The van der Waals surface area contributed by atoms with Crippen molar-refractivity contribution >= 4 is 35.5 Å². The number of hydrogen-bond acceptors (Lipinski definition) is 4. The van der Waals surface area contributed by atoms with Crippen LogP contribution in [0.1, 0.15) is 36.2 Å². The molecular formula is C26H28N4OS. The first kappa shape index (κ1) is 21.0. The van der Waals surface area contributed by atoms with Gasteiger partial charge in [-0.1, -0.05) is 54.6 Å². The summed E-state index contributed by atoms with van der Waals surface area (Å²) < 4.78 is 2.13. The van der Waals surface area contributed by atoms with Crippen molar-refractivity contribution in [2.45, 2.75) is 36.8 Å². The summed E-state index contributed by atoms with van der Waals surface area (Å²) in [5, 5.41) is 6.33. The predicted octanol–water partition coefficient (Wildman–Crippen LogP) is 4.64. The van der Waals surface area contributed by atoms with E-state index in [4.69, 9.17) is 4.98 Å². The maximum atomic E-state index is 12.6. The molecule has 1 atom stereocenters. The van der Waals surface area contributed by atoms with E-state index < -0.39 is 0 Å². The van der Waals surface area contributed by atoms with Gasteiger partial charge < -0.3 is 5.32 Å². The summed E-state index contributed by atoms with van der Waals surface area (Å²) in [5.41, 5.74) is 4.13. The molecule has 0 radical (unpaired) electrons. The smallest absolute Gasteiger partial charge is 0.244 e. The van der Waals surface area contributed by atoms with Gasteiger partial charge in [0, 0.05) is 25.2 Å². The molecule has 164 valence electrons. The zero-order valence-corrected chi connectivity index (χ0v) is 18.9. The van der Waals surface area contributed by atoms with Crippen LogP contribution in [-0.2, 0) is 11.2 Å². The fourth-order valence-electron chi connectivity index (χ4n) is 4.58. The Morgan fingerprint density at radius 3 is 2.97 bits per heavy atom. The molecule has 0 bridgehead atoms. The standard InChI is InChI=1S/C26H28N4OS/c31-25(13-12-22-23-15-18-32-26-11-6-10-24(28-22)30(23)26)27-19-21-9-4-5-16-29(21)17-14-20-7-2-1-3-8-20/h1-3,6-8,10-13,15,18,21H,4-5,9,14,16-17,19H2,(H,27,31). The molecule has 0 spiro atoms. The highest BCUT2D eigenvalue weighted by Gasteiger charge is 2.22. The summed E-state index contributed by atoms with van der Waals surface area (Å²) in [6.45, 7) is 2.84. The van der Waals surface area contributed by atoms with Crippen LogP contribution in [-0.4, -0.2) is 45.9 Å². The number of pyridine rings is 1. The SMILES string of the molecule is O=C(C=Cc1nc2cccc3n2c1C=CS3)NCC1CCCCN1CCc1ccccc1. The van der Waals surface area contributed by atoms with Crippen molar-refractivity contribution in [1.82, 2.24) is 19.6 Å². The average molecular weight is 445 g/mol. The second kappa shape index (κ2) is 9.76. The molecule has 0 saturated carbocycles. The van der Waals surface area contributed by atoms with E-state index in [0.717, 1.165) is 48.0 Å².